The summed E-state index contributed by atoms with van der Waals surface area (Å²) in [5, 5.41) is 0. The van der Waals surface area contributed by atoms with Gasteiger partial charge in [-0.1, -0.05) is 55.8 Å². The molecule has 0 radical (unpaired) electrons. The zero-order valence-corrected chi connectivity index (χ0v) is 11.6. The molecule has 0 amide bonds. The Morgan fingerprint density at radius 1 is 0.750 bits per heavy atom. The zero-order chi connectivity index (χ0) is 13.4. The summed E-state index contributed by atoms with van der Waals surface area (Å²) in [5.41, 5.74) is 1.17. The SMILES string of the molecule is C=C(C)C.CC.CC(C)=O.c1ccccc1. The van der Waals surface area contributed by atoms with Gasteiger partial charge in [0, 0.05) is 0 Å². The molecule has 0 heterocycles. The summed E-state index contributed by atoms with van der Waals surface area (Å²) in [6.45, 7) is 14.6. The molecule has 0 spiro atoms. The first-order valence-corrected chi connectivity index (χ1v) is 5.56. The van der Waals surface area contributed by atoms with Crippen LogP contribution in [-0.4, -0.2) is 5.78 Å². The number of carbonyl (C=O) groups excluding carboxylic acids is 1. The fourth-order valence-corrected chi connectivity index (χ4v) is 0.385. The summed E-state index contributed by atoms with van der Waals surface area (Å²) in [6, 6.07) is 12.0. The molecule has 0 aromatic heterocycles. The van der Waals surface area contributed by atoms with Crippen LogP contribution < -0.4 is 0 Å². The molecule has 1 nitrogen and oxygen atoms in total. The third kappa shape index (κ3) is 79.7. The number of carbonyl (C=O) groups is 1. The van der Waals surface area contributed by atoms with E-state index in [1.807, 2.05) is 64.1 Å². The second-order valence-electron chi connectivity index (χ2n) is 3.27. The molecule has 1 aromatic rings. The highest BCUT2D eigenvalue weighted by molar-refractivity contribution is 5.72. The molecule has 1 aromatic carbocycles. The van der Waals surface area contributed by atoms with Crippen molar-refractivity contribution in [3.05, 3.63) is 48.6 Å². The van der Waals surface area contributed by atoms with E-state index in [1.54, 1.807) is 0 Å². The first kappa shape index (κ1) is 20.1. The maximum Gasteiger partial charge on any atom is 0.126 e. The van der Waals surface area contributed by atoms with Crippen LogP contribution in [0, 0.1) is 0 Å². The monoisotopic (exact) mass is 222 g/mol. The van der Waals surface area contributed by atoms with Gasteiger partial charge in [-0.15, -0.1) is 6.58 Å². The summed E-state index contributed by atoms with van der Waals surface area (Å²) in [7, 11) is 0. The topological polar surface area (TPSA) is 17.1 Å². The third-order valence-corrected chi connectivity index (χ3v) is 0.667. The van der Waals surface area contributed by atoms with Gasteiger partial charge in [-0.05, 0) is 27.7 Å². The van der Waals surface area contributed by atoms with Gasteiger partial charge in [0.05, 0.1) is 0 Å². The van der Waals surface area contributed by atoms with Gasteiger partial charge in [-0.25, -0.2) is 0 Å². The first-order valence-electron chi connectivity index (χ1n) is 5.56. The lowest BCUT2D eigenvalue weighted by molar-refractivity contribution is -0.114. The van der Waals surface area contributed by atoms with E-state index in [0.717, 1.165) is 0 Å². The minimum Gasteiger partial charge on any atom is -0.300 e. The lowest BCUT2D eigenvalue weighted by atomic mass is 10.4. The third-order valence-electron chi connectivity index (χ3n) is 0.667. The fourth-order valence-electron chi connectivity index (χ4n) is 0.385. The number of benzene rings is 1. The molecular formula is C15H26O. The van der Waals surface area contributed by atoms with Gasteiger partial charge >= 0.3 is 0 Å². The molecule has 0 aliphatic carbocycles. The summed E-state index contributed by atoms with van der Waals surface area (Å²) >= 11 is 0. The Morgan fingerprint density at radius 3 is 0.875 bits per heavy atom. The van der Waals surface area contributed by atoms with Crippen molar-refractivity contribution in [3.8, 4) is 0 Å². The van der Waals surface area contributed by atoms with E-state index in [1.165, 1.54) is 19.4 Å². The van der Waals surface area contributed by atoms with Gasteiger partial charge in [0.2, 0.25) is 0 Å². The predicted octanol–water partition coefficient (Wildman–Crippen LogP) is 4.89. The van der Waals surface area contributed by atoms with Crippen molar-refractivity contribution in [3.63, 3.8) is 0 Å². The quantitative estimate of drug-likeness (QED) is 0.571. The van der Waals surface area contributed by atoms with Crippen LogP contribution in [0.25, 0.3) is 0 Å². The van der Waals surface area contributed by atoms with Crippen molar-refractivity contribution in [1.82, 2.24) is 0 Å². The average Bonchev–Trinajstić information content (AvgIpc) is 2.22. The predicted molar refractivity (Wildman–Crippen MR) is 74.6 cm³/mol. The number of rotatable bonds is 0. The maximum atomic E-state index is 9.44. The van der Waals surface area contributed by atoms with Crippen molar-refractivity contribution in [1.29, 1.82) is 0 Å². The Labute approximate surface area is 101 Å². The fraction of sp³-hybridized carbons (Fsp3) is 0.400. The molecule has 0 fully saturated rings. The van der Waals surface area contributed by atoms with Crippen LogP contribution in [0.5, 0.6) is 0 Å². The smallest absolute Gasteiger partial charge is 0.126 e. The average molecular weight is 222 g/mol. The molecule has 0 bridgehead atoms. The molecular weight excluding hydrogens is 196 g/mol. The second kappa shape index (κ2) is 19.2. The number of hydrogen-bond donors (Lipinski definition) is 0. The highest BCUT2D eigenvalue weighted by atomic mass is 16.1. The number of ketones is 1. The van der Waals surface area contributed by atoms with Gasteiger partial charge < -0.3 is 4.79 Å². The molecule has 0 saturated heterocycles. The summed E-state index contributed by atoms with van der Waals surface area (Å²) in [4.78, 5) is 9.44. The van der Waals surface area contributed by atoms with E-state index in [2.05, 4.69) is 6.58 Å². The molecule has 92 valence electrons. The second-order valence-corrected chi connectivity index (χ2v) is 3.27. The molecule has 16 heavy (non-hydrogen) atoms. The number of allylic oxidation sites excluding steroid dienone is 1. The van der Waals surface area contributed by atoms with Crippen molar-refractivity contribution < 1.29 is 4.79 Å². The van der Waals surface area contributed by atoms with Gasteiger partial charge in [-0.2, -0.15) is 0 Å². The molecule has 0 saturated carbocycles. The maximum absolute atomic E-state index is 9.44. The lowest BCUT2D eigenvalue weighted by Gasteiger charge is -1.69. The van der Waals surface area contributed by atoms with Crippen LogP contribution in [0.15, 0.2) is 48.6 Å². The normalized spacial score (nSPS) is 6.62. The summed E-state index contributed by atoms with van der Waals surface area (Å²) < 4.78 is 0. The van der Waals surface area contributed by atoms with Gasteiger partial charge in [0.15, 0.2) is 0 Å². The molecule has 0 aliphatic rings. The van der Waals surface area contributed by atoms with E-state index >= 15 is 0 Å². The van der Waals surface area contributed by atoms with Gasteiger partial charge in [0.1, 0.15) is 5.78 Å². The molecule has 0 atom stereocenters. The largest absolute Gasteiger partial charge is 0.300 e. The number of Topliss-reactive ketones (excluding diaryl/α,β-unsaturated/α-hetero) is 1. The molecule has 0 aliphatic heterocycles. The lowest BCUT2D eigenvalue weighted by Crippen LogP contribution is -1.69. The molecule has 1 rings (SSSR count). The van der Waals surface area contributed by atoms with Gasteiger partial charge in [0.25, 0.3) is 0 Å². The van der Waals surface area contributed by atoms with Crippen molar-refractivity contribution >= 4 is 5.78 Å². The Kier molecular flexibility index (Phi) is 24.2. The van der Waals surface area contributed by atoms with Gasteiger partial charge in [-0.3, -0.25) is 0 Å². The van der Waals surface area contributed by atoms with E-state index in [4.69, 9.17) is 0 Å². The van der Waals surface area contributed by atoms with Crippen molar-refractivity contribution in [2.45, 2.75) is 41.5 Å². The zero-order valence-electron chi connectivity index (χ0n) is 11.6. The summed E-state index contributed by atoms with van der Waals surface area (Å²) in [6.07, 6.45) is 0. The Balaban J connectivity index is -0.000000152. The highest BCUT2D eigenvalue weighted by Gasteiger charge is 1.62. The molecule has 1 heteroatoms. The van der Waals surface area contributed by atoms with E-state index < -0.39 is 0 Å². The van der Waals surface area contributed by atoms with E-state index in [-0.39, 0.29) is 5.78 Å². The van der Waals surface area contributed by atoms with Crippen LogP contribution in [0.4, 0.5) is 0 Å². The van der Waals surface area contributed by atoms with Crippen LogP contribution in [0.3, 0.4) is 0 Å². The summed E-state index contributed by atoms with van der Waals surface area (Å²) in [5.74, 6) is 0.167. The van der Waals surface area contributed by atoms with Crippen molar-refractivity contribution in [2.24, 2.45) is 0 Å². The molecule has 0 N–H and O–H groups in total. The van der Waals surface area contributed by atoms with Crippen LogP contribution in [-0.2, 0) is 4.79 Å². The van der Waals surface area contributed by atoms with Crippen LogP contribution in [0.1, 0.15) is 41.5 Å². The molecule has 0 unspecified atom stereocenters. The Morgan fingerprint density at radius 2 is 0.812 bits per heavy atom. The first-order chi connectivity index (χ1) is 7.46. The Hall–Kier alpha value is -1.37. The Bertz CT molecular complexity index is 190. The minimum atomic E-state index is 0.167. The highest BCUT2D eigenvalue weighted by Crippen LogP contribution is 1.79. The number of hydrogen-bond acceptors (Lipinski definition) is 1. The van der Waals surface area contributed by atoms with Crippen molar-refractivity contribution in [2.75, 3.05) is 0 Å². The standard InChI is InChI=1S/C6H6.C4H8.C3H6O.C2H6/c1-2-4-6-5-3-1;1-4(2)3;1-3(2)4;1-2/h1-6H;1H2,2-3H3;1-2H3;1-2H3. The minimum absolute atomic E-state index is 0.167. The van der Waals surface area contributed by atoms with Crippen LogP contribution in [0.2, 0.25) is 0 Å². The van der Waals surface area contributed by atoms with E-state index in [9.17, 15) is 4.79 Å². The van der Waals surface area contributed by atoms with Crippen LogP contribution >= 0.6 is 0 Å². The van der Waals surface area contributed by atoms with E-state index in [0.29, 0.717) is 0 Å².